The zero-order valence-corrected chi connectivity index (χ0v) is 17.4. The van der Waals surface area contributed by atoms with Gasteiger partial charge in [-0.05, 0) is 27.7 Å². The lowest BCUT2D eigenvalue weighted by Gasteiger charge is -2.35. The lowest BCUT2D eigenvalue weighted by molar-refractivity contribution is -0.385. The van der Waals surface area contributed by atoms with Crippen LogP contribution in [0.1, 0.15) is 38.1 Å². The standard InChI is InChI=1S/C19H27N3O7/c1-6-28-16-11-13(14(22(25)26)12-15(16)27-5)17(23)20-7-9-21(10-8-20)18(24)29-19(2,3)4/h11-12H,6-10H2,1-5H3. The van der Waals surface area contributed by atoms with Crippen molar-refractivity contribution in [2.24, 2.45) is 0 Å². The summed E-state index contributed by atoms with van der Waals surface area (Å²) in [5.41, 5.74) is -1.04. The number of carbonyl (C=O) groups is 2. The maximum Gasteiger partial charge on any atom is 0.410 e. The van der Waals surface area contributed by atoms with Crippen LogP contribution in [-0.4, -0.2) is 72.2 Å². The lowest BCUT2D eigenvalue weighted by atomic mass is 10.1. The van der Waals surface area contributed by atoms with Crippen LogP contribution >= 0.6 is 0 Å². The van der Waals surface area contributed by atoms with Gasteiger partial charge in [0, 0.05) is 32.2 Å². The number of benzene rings is 1. The average molecular weight is 409 g/mol. The van der Waals surface area contributed by atoms with E-state index in [2.05, 4.69) is 0 Å². The summed E-state index contributed by atoms with van der Waals surface area (Å²) in [6, 6.07) is 2.53. The zero-order valence-electron chi connectivity index (χ0n) is 17.4. The molecule has 0 bridgehead atoms. The topological polar surface area (TPSA) is 111 Å². The van der Waals surface area contributed by atoms with Crippen LogP contribution in [0.15, 0.2) is 12.1 Å². The summed E-state index contributed by atoms with van der Waals surface area (Å²) >= 11 is 0. The Bertz CT molecular complexity index is 781. The van der Waals surface area contributed by atoms with Crippen molar-refractivity contribution < 1.29 is 28.7 Å². The first-order valence-corrected chi connectivity index (χ1v) is 9.33. The quantitative estimate of drug-likeness (QED) is 0.543. The van der Waals surface area contributed by atoms with Crippen LogP contribution in [-0.2, 0) is 4.74 Å². The molecule has 0 unspecified atom stereocenters. The largest absolute Gasteiger partial charge is 0.493 e. The fourth-order valence-corrected chi connectivity index (χ4v) is 2.89. The van der Waals surface area contributed by atoms with E-state index >= 15 is 0 Å². The number of nitro groups is 1. The maximum atomic E-state index is 13.0. The van der Waals surface area contributed by atoms with Crippen molar-refractivity contribution in [3.05, 3.63) is 27.8 Å². The Morgan fingerprint density at radius 1 is 1.10 bits per heavy atom. The SMILES string of the molecule is CCOc1cc(C(=O)N2CCN(C(=O)OC(C)(C)C)CC2)c([N+](=O)[O-])cc1OC. The molecule has 2 amide bonds. The Morgan fingerprint density at radius 3 is 2.17 bits per heavy atom. The van der Waals surface area contributed by atoms with E-state index in [-0.39, 0.29) is 48.9 Å². The monoisotopic (exact) mass is 409 g/mol. The van der Waals surface area contributed by atoms with Gasteiger partial charge in [-0.25, -0.2) is 4.79 Å². The number of methoxy groups -OCH3 is 1. The van der Waals surface area contributed by atoms with E-state index < -0.39 is 22.5 Å². The van der Waals surface area contributed by atoms with Gasteiger partial charge >= 0.3 is 6.09 Å². The first-order chi connectivity index (χ1) is 13.6. The zero-order chi connectivity index (χ0) is 21.8. The summed E-state index contributed by atoms with van der Waals surface area (Å²) in [7, 11) is 1.37. The minimum Gasteiger partial charge on any atom is -0.493 e. The van der Waals surface area contributed by atoms with E-state index in [0.717, 1.165) is 0 Å². The predicted octanol–water partition coefficient (Wildman–Crippen LogP) is 2.70. The highest BCUT2D eigenvalue weighted by Crippen LogP contribution is 2.35. The van der Waals surface area contributed by atoms with Crippen molar-refractivity contribution in [2.75, 3.05) is 39.9 Å². The minimum absolute atomic E-state index is 0.0787. The van der Waals surface area contributed by atoms with Gasteiger partial charge < -0.3 is 24.0 Å². The molecular weight excluding hydrogens is 382 g/mol. The number of hydrogen-bond donors (Lipinski definition) is 0. The number of nitro benzene ring substituents is 1. The molecule has 10 nitrogen and oxygen atoms in total. The van der Waals surface area contributed by atoms with Gasteiger partial charge in [0.15, 0.2) is 11.5 Å². The van der Waals surface area contributed by atoms with E-state index in [9.17, 15) is 19.7 Å². The molecule has 0 atom stereocenters. The maximum absolute atomic E-state index is 13.0. The van der Waals surface area contributed by atoms with Crippen molar-refractivity contribution in [1.82, 2.24) is 9.80 Å². The number of hydrogen-bond acceptors (Lipinski definition) is 7. The third-order valence-corrected chi connectivity index (χ3v) is 4.23. The Morgan fingerprint density at radius 2 is 1.69 bits per heavy atom. The molecule has 29 heavy (non-hydrogen) atoms. The van der Waals surface area contributed by atoms with Crippen molar-refractivity contribution >= 4 is 17.7 Å². The summed E-state index contributed by atoms with van der Waals surface area (Å²) in [4.78, 5) is 39.0. The number of amides is 2. The number of carbonyl (C=O) groups excluding carboxylic acids is 2. The Hall–Kier alpha value is -3.04. The highest BCUT2D eigenvalue weighted by molar-refractivity contribution is 5.99. The number of ether oxygens (including phenoxy) is 3. The van der Waals surface area contributed by atoms with Gasteiger partial charge in [0.1, 0.15) is 11.2 Å². The molecule has 1 fully saturated rings. The molecular formula is C19H27N3O7. The summed E-state index contributed by atoms with van der Waals surface area (Å²) in [5, 5.41) is 11.5. The second-order valence-electron chi connectivity index (χ2n) is 7.47. The van der Waals surface area contributed by atoms with Crippen LogP contribution in [0.4, 0.5) is 10.5 Å². The number of rotatable bonds is 5. The first kappa shape index (κ1) is 22.3. The van der Waals surface area contributed by atoms with E-state index in [1.165, 1.54) is 29.0 Å². The molecule has 0 aliphatic carbocycles. The predicted molar refractivity (Wildman–Crippen MR) is 105 cm³/mol. The molecule has 1 aliphatic rings. The average Bonchev–Trinajstić information content (AvgIpc) is 2.66. The molecule has 1 aliphatic heterocycles. The van der Waals surface area contributed by atoms with Crippen LogP contribution in [0.5, 0.6) is 11.5 Å². The van der Waals surface area contributed by atoms with Gasteiger partial charge in [0.05, 0.1) is 24.7 Å². The van der Waals surface area contributed by atoms with E-state index in [1.807, 2.05) is 0 Å². The lowest BCUT2D eigenvalue weighted by Crippen LogP contribution is -2.51. The Balaban J connectivity index is 2.19. The molecule has 2 rings (SSSR count). The van der Waals surface area contributed by atoms with Crippen LogP contribution in [0.2, 0.25) is 0 Å². The summed E-state index contributed by atoms with van der Waals surface area (Å²) in [6.07, 6.45) is -0.446. The molecule has 160 valence electrons. The van der Waals surface area contributed by atoms with Gasteiger partial charge in [0.2, 0.25) is 0 Å². The molecule has 0 N–H and O–H groups in total. The third-order valence-electron chi connectivity index (χ3n) is 4.23. The number of piperazine rings is 1. The molecule has 0 saturated carbocycles. The van der Waals surface area contributed by atoms with E-state index in [0.29, 0.717) is 6.61 Å². The second kappa shape index (κ2) is 8.97. The van der Waals surface area contributed by atoms with Gasteiger partial charge in [-0.1, -0.05) is 0 Å². The van der Waals surface area contributed by atoms with E-state index in [1.54, 1.807) is 27.7 Å². The van der Waals surface area contributed by atoms with Crippen molar-refractivity contribution in [3.8, 4) is 11.5 Å². The van der Waals surface area contributed by atoms with Gasteiger partial charge in [0.25, 0.3) is 11.6 Å². The van der Waals surface area contributed by atoms with Gasteiger partial charge in [-0.3, -0.25) is 14.9 Å². The molecule has 1 aromatic rings. The summed E-state index contributed by atoms with van der Waals surface area (Å²) in [5.74, 6) is -0.0506. The highest BCUT2D eigenvalue weighted by Gasteiger charge is 2.32. The number of nitrogens with zero attached hydrogens (tertiary/aromatic N) is 3. The van der Waals surface area contributed by atoms with Crippen LogP contribution in [0, 0.1) is 10.1 Å². The van der Waals surface area contributed by atoms with E-state index in [4.69, 9.17) is 14.2 Å². The van der Waals surface area contributed by atoms with Crippen LogP contribution < -0.4 is 9.47 Å². The molecule has 0 radical (unpaired) electrons. The van der Waals surface area contributed by atoms with Crippen LogP contribution in [0.3, 0.4) is 0 Å². The highest BCUT2D eigenvalue weighted by atomic mass is 16.6. The molecule has 0 spiro atoms. The van der Waals surface area contributed by atoms with Crippen molar-refractivity contribution in [1.29, 1.82) is 0 Å². The Kier molecular flexibility index (Phi) is 6.89. The van der Waals surface area contributed by atoms with Gasteiger partial charge in [-0.15, -0.1) is 0 Å². The smallest absolute Gasteiger partial charge is 0.410 e. The normalized spacial score (nSPS) is 14.4. The Labute approximate surface area is 169 Å². The molecule has 1 aromatic carbocycles. The van der Waals surface area contributed by atoms with Gasteiger partial charge in [-0.2, -0.15) is 0 Å². The summed E-state index contributed by atoms with van der Waals surface area (Å²) in [6.45, 7) is 8.47. The van der Waals surface area contributed by atoms with Crippen molar-refractivity contribution in [2.45, 2.75) is 33.3 Å². The first-order valence-electron chi connectivity index (χ1n) is 9.33. The summed E-state index contributed by atoms with van der Waals surface area (Å²) < 4.78 is 15.9. The van der Waals surface area contributed by atoms with Crippen molar-refractivity contribution in [3.63, 3.8) is 0 Å². The molecule has 1 saturated heterocycles. The fraction of sp³-hybridized carbons (Fsp3) is 0.579. The molecule has 10 heteroatoms. The second-order valence-corrected chi connectivity index (χ2v) is 7.47. The minimum atomic E-state index is -0.623. The molecule has 0 aromatic heterocycles. The van der Waals surface area contributed by atoms with Crippen LogP contribution in [0.25, 0.3) is 0 Å². The fourth-order valence-electron chi connectivity index (χ4n) is 2.89. The molecule has 1 heterocycles. The third kappa shape index (κ3) is 5.49.